The first-order valence-corrected chi connectivity index (χ1v) is 8.52. The molecule has 1 aromatic heterocycles. The van der Waals surface area contributed by atoms with E-state index in [1.165, 1.54) is 24.0 Å². The van der Waals surface area contributed by atoms with Crippen LogP contribution < -0.4 is 10.1 Å². The number of benzene rings is 1. The molecule has 4 heteroatoms. The van der Waals surface area contributed by atoms with Gasteiger partial charge in [0.25, 0.3) is 0 Å². The third-order valence-electron chi connectivity index (χ3n) is 5.28. The Labute approximate surface area is 137 Å². The number of aryl methyl sites for hydroxylation is 2. The van der Waals surface area contributed by atoms with E-state index in [9.17, 15) is 4.79 Å². The van der Waals surface area contributed by atoms with E-state index in [-0.39, 0.29) is 12.1 Å². The van der Waals surface area contributed by atoms with Crippen molar-refractivity contribution >= 4 is 17.0 Å². The summed E-state index contributed by atoms with van der Waals surface area (Å²) in [6.07, 6.45) is 3.08. The van der Waals surface area contributed by atoms with Gasteiger partial charge in [-0.2, -0.15) is 0 Å². The molecule has 1 saturated carbocycles. The van der Waals surface area contributed by atoms with E-state index in [0.29, 0.717) is 17.7 Å². The molecule has 0 radical (unpaired) electrons. The maximum absolute atomic E-state index is 12.2. The van der Waals surface area contributed by atoms with E-state index < -0.39 is 0 Å². The summed E-state index contributed by atoms with van der Waals surface area (Å²) in [7, 11) is 0. The number of amides is 1. The van der Waals surface area contributed by atoms with E-state index in [4.69, 9.17) is 4.74 Å². The summed E-state index contributed by atoms with van der Waals surface area (Å²) in [6.45, 7) is 8.60. The zero-order chi connectivity index (χ0) is 16.6. The van der Waals surface area contributed by atoms with Crippen molar-refractivity contribution in [2.75, 3.05) is 0 Å². The Morgan fingerprint density at radius 1 is 1.22 bits per heavy atom. The number of ether oxygens (including phenoxy) is 1. The predicted molar refractivity (Wildman–Crippen MR) is 92.9 cm³/mol. The lowest BCUT2D eigenvalue weighted by Crippen LogP contribution is -2.44. The molecule has 0 spiro atoms. The summed E-state index contributed by atoms with van der Waals surface area (Å²) in [5.74, 6) is 1.64. The second-order valence-electron chi connectivity index (χ2n) is 7.08. The van der Waals surface area contributed by atoms with E-state index in [0.717, 1.165) is 17.3 Å². The minimum atomic E-state index is -0.364. The Kier molecular flexibility index (Phi) is 4.33. The first kappa shape index (κ1) is 15.9. The van der Waals surface area contributed by atoms with Gasteiger partial charge in [0.05, 0.1) is 0 Å². The van der Waals surface area contributed by atoms with Crippen LogP contribution in [0.4, 0.5) is 4.79 Å². The number of rotatable bonds is 2. The number of fused-ring (bicyclic) bond motifs is 1. The summed E-state index contributed by atoms with van der Waals surface area (Å²) < 4.78 is 5.47. The lowest BCUT2D eigenvalue weighted by atomic mass is 9.78. The van der Waals surface area contributed by atoms with Crippen molar-refractivity contribution in [2.24, 2.45) is 11.8 Å². The maximum atomic E-state index is 12.2. The molecule has 3 rings (SSSR count). The van der Waals surface area contributed by atoms with Crippen LogP contribution in [0.3, 0.4) is 0 Å². The largest absolute Gasteiger partial charge is 0.414 e. The van der Waals surface area contributed by atoms with Gasteiger partial charge < -0.3 is 15.0 Å². The molecule has 4 nitrogen and oxygen atoms in total. The molecule has 2 aromatic rings. The third kappa shape index (κ3) is 3.36. The van der Waals surface area contributed by atoms with Gasteiger partial charge in [-0.3, -0.25) is 0 Å². The molecule has 1 aliphatic carbocycles. The fraction of sp³-hybridized carbons (Fsp3) is 0.526. The highest BCUT2D eigenvalue weighted by Crippen LogP contribution is 2.30. The monoisotopic (exact) mass is 314 g/mol. The number of aromatic amines is 1. The van der Waals surface area contributed by atoms with Crippen LogP contribution in [0, 0.1) is 25.7 Å². The molecule has 0 bridgehead atoms. The minimum absolute atomic E-state index is 0.208. The molecule has 1 aliphatic rings. The maximum Gasteiger partial charge on any atom is 0.414 e. The summed E-state index contributed by atoms with van der Waals surface area (Å²) in [5, 5.41) is 4.13. The lowest BCUT2D eigenvalue weighted by molar-refractivity contribution is 0.167. The van der Waals surface area contributed by atoms with Gasteiger partial charge in [0.15, 0.2) is 0 Å². The zero-order valence-electron chi connectivity index (χ0n) is 14.4. The normalized spacial score (nSPS) is 24.6. The highest BCUT2D eigenvalue weighted by atomic mass is 16.6. The average molecular weight is 314 g/mol. The summed E-state index contributed by atoms with van der Waals surface area (Å²) in [5.41, 5.74) is 3.38. The van der Waals surface area contributed by atoms with Crippen LogP contribution >= 0.6 is 0 Å². The Bertz CT molecular complexity index is 719. The predicted octanol–water partition coefficient (Wildman–Crippen LogP) is 4.70. The minimum Gasteiger partial charge on any atom is -0.393 e. The number of H-pyrrole nitrogens is 1. The molecule has 1 fully saturated rings. The highest BCUT2D eigenvalue weighted by Gasteiger charge is 2.28. The van der Waals surface area contributed by atoms with Crippen molar-refractivity contribution in [1.82, 2.24) is 10.3 Å². The number of nitrogens with one attached hydrogen (secondary N) is 2. The van der Waals surface area contributed by atoms with Crippen molar-refractivity contribution in [3.8, 4) is 5.88 Å². The molecule has 1 amide bonds. The number of carbonyl (C=O) groups is 1. The second-order valence-corrected chi connectivity index (χ2v) is 7.08. The summed E-state index contributed by atoms with van der Waals surface area (Å²) in [6, 6.07) is 6.30. The SMILES string of the molecule is Cc1cc(C)c2cc(OC(=O)N[C@@H]3CCC[C@@H](C)[C@@H]3C)[nH]c2c1. The van der Waals surface area contributed by atoms with Crippen LogP contribution in [0.1, 0.15) is 44.2 Å². The number of carbonyl (C=O) groups excluding carboxylic acids is 1. The van der Waals surface area contributed by atoms with Crippen molar-refractivity contribution in [3.63, 3.8) is 0 Å². The molecular weight excluding hydrogens is 288 g/mol. The average Bonchev–Trinajstić information content (AvgIpc) is 2.86. The molecule has 1 heterocycles. The third-order valence-corrected chi connectivity index (χ3v) is 5.28. The standard InChI is InChI=1S/C19H26N2O2/c1-11-8-13(3)15-10-18(20-17(15)9-11)23-19(22)21-16-7-5-6-12(2)14(16)4/h8-10,12,14,16,20H,5-7H2,1-4H3,(H,21,22)/t12-,14+,16-/m1/s1. The summed E-state index contributed by atoms with van der Waals surface area (Å²) in [4.78, 5) is 15.4. The molecule has 124 valence electrons. The first-order chi connectivity index (χ1) is 10.9. The number of hydrogen-bond donors (Lipinski definition) is 2. The van der Waals surface area contributed by atoms with Gasteiger partial charge in [0.1, 0.15) is 0 Å². The van der Waals surface area contributed by atoms with Gasteiger partial charge >= 0.3 is 6.09 Å². The first-order valence-electron chi connectivity index (χ1n) is 8.52. The van der Waals surface area contributed by atoms with Crippen LogP contribution in [0.25, 0.3) is 10.9 Å². The van der Waals surface area contributed by atoms with E-state index in [1.54, 1.807) is 0 Å². The van der Waals surface area contributed by atoms with Gasteiger partial charge in [-0.1, -0.05) is 32.8 Å². The topological polar surface area (TPSA) is 54.1 Å². The van der Waals surface area contributed by atoms with Crippen LogP contribution in [0.5, 0.6) is 5.88 Å². The van der Waals surface area contributed by atoms with Gasteiger partial charge in [0, 0.05) is 23.0 Å². The zero-order valence-corrected chi connectivity index (χ0v) is 14.4. The van der Waals surface area contributed by atoms with Gasteiger partial charge in [-0.15, -0.1) is 0 Å². The van der Waals surface area contributed by atoms with Crippen LogP contribution in [0.15, 0.2) is 18.2 Å². The molecule has 3 atom stereocenters. The molecule has 1 aromatic carbocycles. The fourth-order valence-electron chi connectivity index (χ4n) is 3.70. The van der Waals surface area contributed by atoms with Crippen molar-refractivity contribution in [1.29, 1.82) is 0 Å². The Morgan fingerprint density at radius 2 is 2.00 bits per heavy atom. The van der Waals surface area contributed by atoms with E-state index >= 15 is 0 Å². The Hall–Kier alpha value is -1.97. The van der Waals surface area contributed by atoms with Crippen LogP contribution in [-0.4, -0.2) is 17.1 Å². The Balaban J connectivity index is 1.69. The smallest absolute Gasteiger partial charge is 0.393 e. The van der Waals surface area contributed by atoms with E-state index in [2.05, 4.69) is 50.1 Å². The molecule has 23 heavy (non-hydrogen) atoms. The van der Waals surface area contributed by atoms with Crippen LogP contribution in [0.2, 0.25) is 0 Å². The van der Waals surface area contributed by atoms with Crippen molar-refractivity contribution in [3.05, 3.63) is 29.3 Å². The quantitative estimate of drug-likeness (QED) is 0.844. The van der Waals surface area contributed by atoms with Crippen molar-refractivity contribution in [2.45, 2.75) is 53.0 Å². The molecule has 2 N–H and O–H groups in total. The van der Waals surface area contributed by atoms with Crippen molar-refractivity contribution < 1.29 is 9.53 Å². The van der Waals surface area contributed by atoms with E-state index in [1.807, 2.05) is 6.07 Å². The Morgan fingerprint density at radius 3 is 2.78 bits per heavy atom. The van der Waals surface area contributed by atoms with Gasteiger partial charge in [-0.25, -0.2) is 4.79 Å². The van der Waals surface area contributed by atoms with Gasteiger partial charge in [0.2, 0.25) is 5.88 Å². The highest BCUT2D eigenvalue weighted by molar-refractivity contribution is 5.86. The van der Waals surface area contributed by atoms with Gasteiger partial charge in [-0.05, 0) is 49.3 Å². The molecule has 0 saturated heterocycles. The molecular formula is C19H26N2O2. The number of aromatic nitrogens is 1. The number of hydrogen-bond acceptors (Lipinski definition) is 2. The second kappa shape index (κ2) is 6.26. The fourth-order valence-corrected chi connectivity index (χ4v) is 3.70. The molecule has 0 aliphatic heterocycles. The summed E-state index contributed by atoms with van der Waals surface area (Å²) >= 11 is 0. The van der Waals surface area contributed by atoms with Crippen LogP contribution in [-0.2, 0) is 0 Å². The lowest BCUT2D eigenvalue weighted by Gasteiger charge is -2.34. The molecule has 0 unspecified atom stereocenters.